The molecule has 140 valence electrons. The number of nitriles is 1. The van der Waals surface area contributed by atoms with Crippen LogP contribution in [-0.4, -0.2) is 72.9 Å². The molecular formula is C20H27N3O3. The van der Waals surface area contributed by atoms with Crippen molar-refractivity contribution in [1.82, 2.24) is 9.80 Å². The molecule has 0 aromatic heterocycles. The van der Waals surface area contributed by atoms with Gasteiger partial charge in [0.05, 0.1) is 30.4 Å². The number of nitrogens with zero attached hydrogens (tertiary/aromatic N) is 3. The third-order valence-corrected chi connectivity index (χ3v) is 5.51. The van der Waals surface area contributed by atoms with Crippen molar-refractivity contribution >= 4 is 5.91 Å². The summed E-state index contributed by atoms with van der Waals surface area (Å²) in [6.45, 7) is 4.97. The van der Waals surface area contributed by atoms with Crippen molar-refractivity contribution in [2.75, 3.05) is 46.0 Å². The lowest BCUT2D eigenvalue weighted by Crippen LogP contribution is -2.55. The fraction of sp³-hybridized carbons (Fsp3) is 0.600. The second kappa shape index (κ2) is 9.13. The van der Waals surface area contributed by atoms with E-state index in [4.69, 9.17) is 4.74 Å². The molecule has 1 aromatic rings. The molecule has 0 aliphatic carbocycles. The highest BCUT2D eigenvalue weighted by atomic mass is 16.5. The monoisotopic (exact) mass is 357 g/mol. The molecule has 2 fully saturated rings. The van der Waals surface area contributed by atoms with Crippen LogP contribution in [0.1, 0.15) is 35.2 Å². The first-order valence-corrected chi connectivity index (χ1v) is 9.45. The Kier molecular flexibility index (Phi) is 6.62. The lowest BCUT2D eigenvalue weighted by atomic mass is 9.86. The molecule has 3 rings (SSSR count). The first-order valence-electron chi connectivity index (χ1n) is 9.45. The lowest BCUT2D eigenvalue weighted by molar-refractivity contribution is -0.0196. The Balaban J connectivity index is 1.72. The quantitative estimate of drug-likeness (QED) is 0.864. The van der Waals surface area contributed by atoms with Crippen LogP contribution in [0.4, 0.5) is 0 Å². The topological polar surface area (TPSA) is 76.8 Å². The molecule has 0 radical (unpaired) electrons. The predicted molar refractivity (Wildman–Crippen MR) is 97.7 cm³/mol. The van der Waals surface area contributed by atoms with Crippen molar-refractivity contribution in [3.8, 4) is 6.07 Å². The van der Waals surface area contributed by atoms with Gasteiger partial charge < -0.3 is 14.7 Å². The van der Waals surface area contributed by atoms with E-state index < -0.39 is 0 Å². The Labute approximate surface area is 155 Å². The summed E-state index contributed by atoms with van der Waals surface area (Å²) in [5, 5.41) is 18.5. The fourth-order valence-corrected chi connectivity index (χ4v) is 4.17. The third kappa shape index (κ3) is 4.24. The number of morpholine rings is 1. The van der Waals surface area contributed by atoms with E-state index >= 15 is 0 Å². The fourth-order valence-electron chi connectivity index (χ4n) is 4.17. The van der Waals surface area contributed by atoms with E-state index in [9.17, 15) is 15.2 Å². The zero-order valence-corrected chi connectivity index (χ0v) is 15.1. The Bertz CT molecular complexity index is 652. The molecule has 2 saturated heterocycles. The number of amides is 1. The summed E-state index contributed by atoms with van der Waals surface area (Å²) in [6, 6.07) is 9.56. The van der Waals surface area contributed by atoms with Crippen LogP contribution in [0.3, 0.4) is 0 Å². The molecule has 2 aliphatic heterocycles. The molecule has 26 heavy (non-hydrogen) atoms. The van der Waals surface area contributed by atoms with Crippen molar-refractivity contribution in [3.63, 3.8) is 0 Å². The zero-order chi connectivity index (χ0) is 18.4. The van der Waals surface area contributed by atoms with Crippen LogP contribution in [0.5, 0.6) is 0 Å². The van der Waals surface area contributed by atoms with Crippen LogP contribution in [0.15, 0.2) is 24.3 Å². The van der Waals surface area contributed by atoms with E-state index in [-0.39, 0.29) is 12.5 Å². The molecule has 0 saturated carbocycles. The molecular weight excluding hydrogens is 330 g/mol. The minimum Gasteiger partial charge on any atom is -0.396 e. The van der Waals surface area contributed by atoms with Crippen molar-refractivity contribution in [3.05, 3.63) is 35.4 Å². The van der Waals surface area contributed by atoms with Crippen molar-refractivity contribution in [1.29, 1.82) is 5.26 Å². The zero-order valence-electron chi connectivity index (χ0n) is 15.1. The number of aliphatic hydroxyl groups excluding tert-OH is 1. The summed E-state index contributed by atoms with van der Waals surface area (Å²) in [6.07, 6.45) is 2.58. The van der Waals surface area contributed by atoms with Gasteiger partial charge in [-0.15, -0.1) is 0 Å². The van der Waals surface area contributed by atoms with Crippen molar-refractivity contribution in [2.45, 2.75) is 25.3 Å². The average Bonchev–Trinajstić information content (AvgIpc) is 2.72. The summed E-state index contributed by atoms with van der Waals surface area (Å²) in [4.78, 5) is 17.3. The largest absolute Gasteiger partial charge is 0.396 e. The number of hydrogen-bond acceptors (Lipinski definition) is 5. The second-order valence-corrected chi connectivity index (χ2v) is 7.04. The molecule has 0 spiro atoms. The Morgan fingerprint density at radius 2 is 2.04 bits per heavy atom. The van der Waals surface area contributed by atoms with E-state index in [1.165, 1.54) is 0 Å². The van der Waals surface area contributed by atoms with Gasteiger partial charge in [0.2, 0.25) is 0 Å². The van der Waals surface area contributed by atoms with Gasteiger partial charge >= 0.3 is 0 Å². The number of ether oxygens (including phenoxy) is 1. The SMILES string of the molecule is N#Cc1ccccc1C(=O)N1CC[C@H](N2CCOCC2)[C@H](CCCO)C1. The van der Waals surface area contributed by atoms with Gasteiger partial charge in [-0.25, -0.2) is 0 Å². The Morgan fingerprint density at radius 1 is 1.27 bits per heavy atom. The number of rotatable bonds is 5. The van der Waals surface area contributed by atoms with E-state index in [0.29, 0.717) is 36.2 Å². The minimum absolute atomic E-state index is 0.0587. The molecule has 6 nitrogen and oxygen atoms in total. The standard InChI is InChI=1S/C20H27N3O3/c21-14-16-4-1-2-6-18(16)20(25)23-8-7-19(17(15-23)5-3-11-24)22-9-12-26-13-10-22/h1-2,4,6,17,19,24H,3,5,7-13,15H2/t17-,19+/m1/s1. The third-order valence-electron chi connectivity index (χ3n) is 5.51. The lowest BCUT2D eigenvalue weighted by Gasteiger charge is -2.45. The van der Waals surface area contributed by atoms with E-state index in [1.54, 1.807) is 24.3 Å². The average molecular weight is 357 g/mol. The van der Waals surface area contributed by atoms with Crippen LogP contribution < -0.4 is 0 Å². The highest BCUT2D eigenvalue weighted by molar-refractivity contribution is 5.96. The minimum atomic E-state index is -0.0587. The van der Waals surface area contributed by atoms with Crippen LogP contribution >= 0.6 is 0 Å². The summed E-state index contributed by atoms with van der Waals surface area (Å²) >= 11 is 0. The number of hydrogen-bond donors (Lipinski definition) is 1. The number of piperidine rings is 1. The van der Waals surface area contributed by atoms with E-state index in [2.05, 4.69) is 11.0 Å². The van der Waals surface area contributed by atoms with Gasteiger partial charge in [-0.1, -0.05) is 12.1 Å². The molecule has 0 unspecified atom stereocenters. The van der Waals surface area contributed by atoms with Crippen LogP contribution in [0.2, 0.25) is 0 Å². The van der Waals surface area contributed by atoms with Crippen LogP contribution in [-0.2, 0) is 4.74 Å². The summed E-state index contributed by atoms with van der Waals surface area (Å²) in [5.41, 5.74) is 0.917. The molecule has 6 heteroatoms. The first-order chi connectivity index (χ1) is 12.7. The number of likely N-dealkylation sites (tertiary alicyclic amines) is 1. The molecule has 2 atom stereocenters. The summed E-state index contributed by atoms with van der Waals surface area (Å²) in [5.74, 6) is 0.281. The smallest absolute Gasteiger partial charge is 0.255 e. The van der Waals surface area contributed by atoms with Gasteiger partial charge in [0.15, 0.2) is 0 Å². The van der Waals surface area contributed by atoms with Gasteiger partial charge in [-0.05, 0) is 37.3 Å². The van der Waals surface area contributed by atoms with Crippen LogP contribution in [0, 0.1) is 17.2 Å². The summed E-state index contributed by atoms with van der Waals surface area (Å²) < 4.78 is 5.47. The first kappa shape index (κ1) is 18.8. The van der Waals surface area contributed by atoms with E-state index in [0.717, 1.165) is 45.6 Å². The van der Waals surface area contributed by atoms with Gasteiger partial charge in [-0.3, -0.25) is 9.69 Å². The van der Waals surface area contributed by atoms with Gasteiger partial charge in [0.1, 0.15) is 0 Å². The summed E-state index contributed by atoms with van der Waals surface area (Å²) in [7, 11) is 0. The number of aliphatic hydroxyl groups is 1. The second-order valence-electron chi connectivity index (χ2n) is 7.04. The maximum Gasteiger partial charge on any atom is 0.255 e. The number of carbonyl (C=O) groups is 1. The van der Waals surface area contributed by atoms with Crippen LogP contribution in [0.25, 0.3) is 0 Å². The molecule has 0 bridgehead atoms. The van der Waals surface area contributed by atoms with Crippen molar-refractivity contribution < 1.29 is 14.6 Å². The molecule has 1 amide bonds. The highest BCUT2D eigenvalue weighted by Crippen LogP contribution is 2.28. The number of carbonyl (C=O) groups excluding carboxylic acids is 1. The number of benzene rings is 1. The Hall–Kier alpha value is -1.94. The molecule has 1 N–H and O–H groups in total. The van der Waals surface area contributed by atoms with Gasteiger partial charge in [0.25, 0.3) is 5.91 Å². The van der Waals surface area contributed by atoms with Crippen molar-refractivity contribution in [2.24, 2.45) is 5.92 Å². The molecule has 2 aliphatic rings. The van der Waals surface area contributed by atoms with E-state index in [1.807, 2.05) is 4.90 Å². The Morgan fingerprint density at radius 3 is 2.77 bits per heavy atom. The maximum absolute atomic E-state index is 13.0. The van der Waals surface area contributed by atoms with Gasteiger partial charge in [-0.2, -0.15) is 5.26 Å². The maximum atomic E-state index is 13.0. The highest BCUT2D eigenvalue weighted by Gasteiger charge is 2.35. The molecule has 1 aromatic carbocycles. The van der Waals surface area contributed by atoms with Gasteiger partial charge in [0, 0.05) is 38.8 Å². The normalized spacial score (nSPS) is 24.2. The molecule has 2 heterocycles. The predicted octanol–water partition coefficient (Wildman–Crippen LogP) is 1.49.